The summed E-state index contributed by atoms with van der Waals surface area (Å²) in [5.74, 6) is -0.110. The number of fused-ring (bicyclic) bond motifs is 1. The van der Waals surface area contributed by atoms with Crippen molar-refractivity contribution in [1.29, 1.82) is 0 Å². The van der Waals surface area contributed by atoms with Crippen LogP contribution in [-0.2, 0) is 30.7 Å². The van der Waals surface area contributed by atoms with Gasteiger partial charge in [0.05, 0.1) is 50.9 Å². The van der Waals surface area contributed by atoms with Crippen LogP contribution in [0.25, 0.3) is 0 Å². The molecular formula is C23H27NO8S. The molecule has 0 N–H and O–H groups in total. The van der Waals surface area contributed by atoms with Crippen molar-refractivity contribution in [2.24, 2.45) is 0 Å². The van der Waals surface area contributed by atoms with Gasteiger partial charge in [-0.2, -0.15) is 4.31 Å². The van der Waals surface area contributed by atoms with Gasteiger partial charge in [-0.3, -0.25) is 4.79 Å². The molecule has 2 aromatic rings. The number of hydrogen-bond donors (Lipinski definition) is 0. The van der Waals surface area contributed by atoms with E-state index in [-0.39, 0.29) is 30.0 Å². The SMILES string of the molecule is CCOC(=O)c1ccc(S(=O)(=O)N2CCc3cc(OC)c(OC)cc3C2CC(=O)OC)cc1. The molecule has 0 saturated carbocycles. The monoisotopic (exact) mass is 477 g/mol. The van der Waals surface area contributed by atoms with E-state index in [4.69, 9.17) is 18.9 Å². The van der Waals surface area contributed by atoms with E-state index in [1.165, 1.54) is 49.9 Å². The Bertz CT molecular complexity index is 1130. The lowest BCUT2D eigenvalue weighted by molar-refractivity contribution is -0.141. The highest BCUT2D eigenvalue weighted by atomic mass is 32.2. The molecule has 2 aromatic carbocycles. The quantitative estimate of drug-likeness (QED) is 0.534. The zero-order chi connectivity index (χ0) is 24.2. The summed E-state index contributed by atoms with van der Waals surface area (Å²) < 4.78 is 49.0. The Morgan fingerprint density at radius 2 is 1.67 bits per heavy atom. The fourth-order valence-corrected chi connectivity index (χ4v) is 5.46. The fraction of sp³-hybridized carbons (Fsp3) is 0.391. The van der Waals surface area contributed by atoms with Gasteiger partial charge in [0.1, 0.15) is 0 Å². The number of rotatable bonds is 8. The first-order chi connectivity index (χ1) is 15.8. The Morgan fingerprint density at radius 1 is 1.03 bits per heavy atom. The van der Waals surface area contributed by atoms with Gasteiger partial charge in [0.2, 0.25) is 10.0 Å². The molecule has 1 aliphatic rings. The number of sulfonamides is 1. The molecule has 0 aromatic heterocycles. The lowest BCUT2D eigenvalue weighted by Gasteiger charge is -2.36. The Morgan fingerprint density at radius 3 is 2.24 bits per heavy atom. The third kappa shape index (κ3) is 4.96. The van der Waals surface area contributed by atoms with Crippen molar-refractivity contribution in [1.82, 2.24) is 4.31 Å². The molecule has 0 radical (unpaired) electrons. The normalized spacial score (nSPS) is 15.9. The predicted molar refractivity (Wildman–Crippen MR) is 119 cm³/mol. The third-order valence-electron chi connectivity index (χ3n) is 5.51. The lowest BCUT2D eigenvalue weighted by Crippen LogP contribution is -2.41. The van der Waals surface area contributed by atoms with Gasteiger partial charge in [-0.1, -0.05) is 0 Å². The van der Waals surface area contributed by atoms with Crippen LogP contribution in [0, 0.1) is 0 Å². The molecule has 1 unspecified atom stereocenters. The summed E-state index contributed by atoms with van der Waals surface area (Å²) in [6, 6.07) is 8.25. The highest BCUT2D eigenvalue weighted by Crippen LogP contribution is 2.41. The summed E-state index contributed by atoms with van der Waals surface area (Å²) in [5.41, 5.74) is 1.77. The Balaban J connectivity index is 2.03. The van der Waals surface area contributed by atoms with Gasteiger partial charge in [-0.15, -0.1) is 0 Å². The standard InChI is InChI=1S/C23H27NO8S/c1-5-32-23(26)15-6-8-17(9-7-15)33(27,28)24-11-10-16-12-20(29-2)21(30-3)13-18(16)19(24)14-22(25)31-4/h6-9,12-13,19H,5,10-11,14H2,1-4H3. The van der Waals surface area contributed by atoms with Crippen LogP contribution in [0.4, 0.5) is 0 Å². The number of carbonyl (C=O) groups is 2. The highest BCUT2D eigenvalue weighted by molar-refractivity contribution is 7.89. The number of hydrogen-bond acceptors (Lipinski definition) is 8. The molecule has 33 heavy (non-hydrogen) atoms. The maximum Gasteiger partial charge on any atom is 0.338 e. The lowest BCUT2D eigenvalue weighted by atomic mass is 9.91. The van der Waals surface area contributed by atoms with E-state index in [1.807, 2.05) is 0 Å². The molecule has 1 heterocycles. The van der Waals surface area contributed by atoms with Crippen molar-refractivity contribution in [3.8, 4) is 11.5 Å². The molecule has 10 heteroatoms. The average Bonchev–Trinajstić information content (AvgIpc) is 2.83. The number of esters is 2. The van der Waals surface area contributed by atoms with Crippen LogP contribution in [0.5, 0.6) is 11.5 Å². The number of benzene rings is 2. The Kier molecular flexibility index (Phi) is 7.60. The molecule has 0 bridgehead atoms. The van der Waals surface area contributed by atoms with Gasteiger partial charge >= 0.3 is 11.9 Å². The molecule has 9 nitrogen and oxygen atoms in total. The molecular weight excluding hydrogens is 450 g/mol. The largest absolute Gasteiger partial charge is 0.493 e. The summed E-state index contributed by atoms with van der Waals surface area (Å²) >= 11 is 0. The van der Waals surface area contributed by atoms with E-state index in [1.54, 1.807) is 19.1 Å². The van der Waals surface area contributed by atoms with E-state index in [2.05, 4.69) is 0 Å². The van der Waals surface area contributed by atoms with E-state index >= 15 is 0 Å². The number of carbonyl (C=O) groups excluding carboxylic acids is 2. The molecule has 0 aliphatic carbocycles. The van der Waals surface area contributed by atoms with E-state index in [9.17, 15) is 18.0 Å². The van der Waals surface area contributed by atoms with Crippen LogP contribution < -0.4 is 9.47 Å². The first-order valence-corrected chi connectivity index (χ1v) is 11.8. The molecule has 1 aliphatic heterocycles. The minimum Gasteiger partial charge on any atom is -0.493 e. The zero-order valence-electron chi connectivity index (χ0n) is 19.0. The van der Waals surface area contributed by atoms with Crippen LogP contribution in [-0.4, -0.2) is 59.1 Å². The summed E-state index contributed by atoms with van der Waals surface area (Å²) in [5, 5.41) is 0. The minimum atomic E-state index is -4.00. The second-order valence-corrected chi connectivity index (χ2v) is 9.20. The topological polar surface area (TPSA) is 108 Å². The van der Waals surface area contributed by atoms with Crippen molar-refractivity contribution in [3.05, 3.63) is 53.1 Å². The maximum absolute atomic E-state index is 13.6. The van der Waals surface area contributed by atoms with Gasteiger partial charge in [-0.25, -0.2) is 13.2 Å². The number of nitrogens with zero attached hydrogens (tertiary/aromatic N) is 1. The average molecular weight is 478 g/mol. The maximum atomic E-state index is 13.6. The molecule has 3 rings (SSSR count). The van der Waals surface area contributed by atoms with Crippen molar-refractivity contribution >= 4 is 22.0 Å². The van der Waals surface area contributed by atoms with Gasteiger partial charge in [0, 0.05) is 6.54 Å². The molecule has 1 atom stereocenters. The summed E-state index contributed by atoms with van der Waals surface area (Å²) in [6.45, 7) is 2.07. The Hall–Kier alpha value is -3.11. The second-order valence-electron chi connectivity index (χ2n) is 7.31. The van der Waals surface area contributed by atoms with Crippen molar-refractivity contribution < 1.29 is 37.0 Å². The zero-order valence-corrected chi connectivity index (χ0v) is 19.8. The van der Waals surface area contributed by atoms with Crippen LogP contribution in [0.15, 0.2) is 41.3 Å². The van der Waals surface area contributed by atoms with Crippen LogP contribution in [0.1, 0.15) is 40.9 Å². The summed E-state index contributed by atoms with van der Waals surface area (Å²) in [6.07, 6.45) is 0.257. The van der Waals surface area contributed by atoms with Crippen LogP contribution >= 0.6 is 0 Å². The Labute approximate surface area is 193 Å². The van der Waals surface area contributed by atoms with Gasteiger partial charge < -0.3 is 18.9 Å². The minimum absolute atomic E-state index is 0.00865. The second kappa shape index (κ2) is 10.2. The van der Waals surface area contributed by atoms with Crippen LogP contribution in [0.3, 0.4) is 0 Å². The van der Waals surface area contributed by atoms with Crippen molar-refractivity contribution in [2.75, 3.05) is 34.5 Å². The summed E-state index contributed by atoms with van der Waals surface area (Å²) in [7, 11) is 0.273. The molecule has 0 amide bonds. The molecule has 178 valence electrons. The third-order valence-corrected chi connectivity index (χ3v) is 7.44. The molecule has 0 spiro atoms. The highest BCUT2D eigenvalue weighted by Gasteiger charge is 2.38. The van der Waals surface area contributed by atoms with E-state index in [0.29, 0.717) is 23.5 Å². The summed E-state index contributed by atoms with van der Waals surface area (Å²) in [4.78, 5) is 24.1. The van der Waals surface area contributed by atoms with Gasteiger partial charge in [-0.05, 0) is 60.9 Å². The van der Waals surface area contributed by atoms with Gasteiger partial charge in [0.15, 0.2) is 11.5 Å². The smallest absolute Gasteiger partial charge is 0.338 e. The molecule has 0 fully saturated rings. The predicted octanol–water partition coefficient (Wildman–Crippen LogP) is 2.73. The van der Waals surface area contributed by atoms with Crippen molar-refractivity contribution in [2.45, 2.75) is 30.7 Å². The van der Waals surface area contributed by atoms with Crippen molar-refractivity contribution in [3.63, 3.8) is 0 Å². The van der Waals surface area contributed by atoms with E-state index in [0.717, 1.165) is 5.56 Å². The molecule has 0 saturated heterocycles. The van der Waals surface area contributed by atoms with E-state index < -0.39 is 28.0 Å². The first-order valence-electron chi connectivity index (χ1n) is 10.4. The number of methoxy groups -OCH3 is 3. The van der Waals surface area contributed by atoms with Crippen LogP contribution in [0.2, 0.25) is 0 Å². The number of ether oxygens (including phenoxy) is 4. The van der Waals surface area contributed by atoms with Gasteiger partial charge in [0.25, 0.3) is 0 Å². The fourth-order valence-electron chi connectivity index (χ4n) is 3.86. The first kappa shape index (κ1) is 24.5.